The van der Waals surface area contributed by atoms with Gasteiger partial charge < -0.3 is 11.1 Å². The summed E-state index contributed by atoms with van der Waals surface area (Å²) in [5, 5.41) is 3.37. The van der Waals surface area contributed by atoms with Crippen LogP contribution in [-0.4, -0.2) is 23.1 Å². The van der Waals surface area contributed by atoms with Gasteiger partial charge in [-0.25, -0.2) is 9.97 Å². The maximum Gasteiger partial charge on any atom is 0.127 e. The van der Waals surface area contributed by atoms with E-state index in [9.17, 15) is 0 Å². The van der Waals surface area contributed by atoms with Gasteiger partial charge in [0.25, 0.3) is 0 Å². The van der Waals surface area contributed by atoms with Crippen LogP contribution in [0.25, 0.3) is 0 Å². The monoisotopic (exact) mass is 206 g/mol. The molecule has 2 heterocycles. The maximum atomic E-state index is 5.68. The SMILES string of the molecule is Cc1nc(N)cc(CCC2CCNC2)n1. The molecule has 1 atom stereocenters. The number of nitrogens with zero attached hydrogens (tertiary/aromatic N) is 2. The first-order valence-electron chi connectivity index (χ1n) is 5.55. The molecule has 1 aliphatic rings. The number of nitrogens with one attached hydrogen (secondary N) is 1. The van der Waals surface area contributed by atoms with E-state index in [4.69, 9.17) is 5.73 Å². The van der Waals surface area contributed by atoms with Gasteiger partial charge in [-0.15, -0.1) is 0 Å². The van der Waals surface area contributed by atoms with Crippen LogP contribution in [0.1, 0.15) is 24.4 Å². The normalized spacial score (nSPS) is 20.7. The van der Waals surface area contributed by atoms with E-state index >= 15 is 0 Å². The van der Waals surface area contributed by atoms with Crippen LogP contribution in [0.3, 0.4) is 0 Å². The molecule has 0 aliphatic carbocycles. The van der Waals surface area contributed by atoms with Gasteiger partial charge in [-0.1, -0.05) is 0 Å². The Kier molecular flexibility index (Phi) is 3.16. The van der Waals surface area contributed by atoms with Crippen molar-refractivity contribution in [1.82, 2.24) is 15.3 Å². The topological polar surface area (TPSA) is 63.8 Å². The third kappa shape index (κ3) is 2.89. The first-order valence-corrected chi connectivity index (χ1v) is 5.55. The lowest BCUT2D eigenvalue weighted by molar-refractivity contribution is 0.528. The zero-order valence-corrected chi connectivity index (χ0v) is 9.16. The van der Waals surface area contributed by atoms with Crippen molar-refractivity contribution in [1.29, 1.82) is 0 Å². The fraction of sp³-hybridized carbons (Fsp3) is 0.636. The molecule has 0 radical (unpaired) electrons. The highest BCUT2D eigenvalue weighted by Crippen LogP contribution is 2.15. The van der Waals surface area contributed by atoms with Crippen LogP contribution in [0, 0.1) is 12.8 Å². The first kappa shape index (κ1) is 10.4. The van der Waals surface area contributed by atoms with Crippen LogP contribution in [0.4, 0.5) is 5.82 Å². The number of rotatable bonds is 3. The molecule has 0 saturated carbocycles. The van der Waals surface area contributed by atoms with Gasteiger partial charge in [0.2, 0.25) is 0 Å². The molecule has 4 nitrogen and oxygen atoms in total. The molecule has 4 heteroatoms. The van der Waals surface area contributed by atoms with E-state index in [1.807, 2.05) is 13.0 Å². The van der Waals surface area contributed by atoms with Crippen LogP contribution in [0.15, 0.2) is 6.07 Å². The highest BCUT2D eigenvalue weighted by Gasteiger charge is 2.14. The smallest absolute Gasteiger partial charge is 0.127 e. The zero-order valence-electron chi connectivity index (χ0n) is 9.16. The summed E-state index contributed by atoms with van der Waals surface area (Å²) >= 11 is 0. The van der Waals surface area contributed by atoms with Crippen molar-refractivity contribution in [3.63, 3.8) is 0 Å². The van der Waals surface area contributed by atoms with Crippen LogP contribution >= 0.6 is 0 Å². The summed E-state index contributed by atoms with van der Waals surface area (Å²) in [5.41, 5.74) is 6.76. The summed E-state index contributed by atoms with van der Waals surface area (Å²) in [4.78, 5) is 8.45. The maximum absolute atomic E-state index is 5.68. The molecule has 0 spiro atoms. The highest BCUT2D eigenvalue weighted by molar-refractivity contribution is 5.29. The molecule has 1 aromatic rings. The van der Waals surface area contributed by atoms with Crippen LogP contribution in [-0.2, 0) is 6.42 Å². The van der Waals surface area contributed by atoms with E-state index in [1.54, 1.807) is 0 Å². The summed E-state index contributed by atoms with van der Waals surface area (Å²) in [5.74, 6) is 2.16. The van der Waals surface area contributed by atoms with Gasteiger partial charge in [0, 0.05) is 11.8 Å². The summed E-state index contributed by atoms with van der Waals surface area (Å²) in [6.45, 7) is 4.20. The van der Waals surface area contributed by atoms with Gasteiger partial charge in [-0.05, 0) is 45.2 Å². The molecule has 82 valence electrons. The Labute approximate surface area is 90.3 Å². The van der Waals surface area contributed by atoms with Gasteiger partial charge in [-0.2, -0.15) is 0 Å². The van der Waals surface area contributed by atoms with Crippen LogP contribution < -0.4 is 11.1 Å². The van der Waals surface area contributed by atoms with E-state index in [2.05, 4.69) is 15.3 Å². The molecule has 15 heavy (non-hydrogen) atoms. The summed E-state index contributed by atoms with van der Waals surface area (Å²) < 4.78 is 0. The second kappa shape index (κ2) is 4.57. The lowest BCUT2D eigenvalue weighted by Crippen LogP contribution is -2.10. The standard InChI is InChI=1S/C11H18N4/c1-8-14-10(6-11(12)15-8)3-2-9-4-5-13-7-9/h6,9,13H,2-5,7H2,1H3,(H2,12,14,15). The average Bonchev–Trinajstić information content (AvgIpc) is 2.65. The van der Waals surface area contributed by atoms with Crippen molar-refractivity contribution in [3.05, 3.63) is 17.6 Å². The van der Waals surface area contributed by atoms with E-state index in [-0.39, 0.29) is 0 Å². The quantitative estimate of drug-likeness (QED) is 0.771. The van der Waals surface area contributed by atoms with E-state index in [0.717, 1.165) is 36.9 Å². The number of anilines is 1. The zero-order chi connectivity index (χ0) is 10.7. The molecular weight excluding hydrogens is 188 g/mol. The second-order valence-electron chi connectivity index (χ2n) is 4.23. The Bertz CT molecular complexity index is 311. The van der Waals surface area contributed by atoms with Gasteiger partial charge >= 0.3 is 0 Å². The van der Waals surface area contributed by atoms with Crippen molar-refractivity contribution in [2.24, 2.45) is 5.92 Å². The minimum atomic E-state index is 0.585. The molecular formula is C11H18N4. The van der Waals surface area contributed by atoms with Gasteiger partial charge in [0.1, 0.15) is 11.6 Å². The number of nitrogen functional groups attached to an aromatic ring is 1. The Balaban J connectivity index is 1.92. The Morgan fingerprint density at radius 3 is 3.07 bits per heavy atom. The minimum absolute atomic E-state index is 0.585. The second-order valence-corrected chi connectivity index (χ2v) is 4.23. The summed E-state index contributed by atoms with van der Waals surface area (Å²) in [6.07, 6.45) is 3.50. The van der Waals surface area contributed by atoms with Crippen LogP contribution in [0.2, 0.25) is 0 Å². The molecule has 0 bridgehead atoms. The minimum Gasteiger partial charge on any atom is -0.384 e. The molecule has 2 rings (SSSR count). The van der Waals surface area contributed by atoms with Gasteiger partial charge in [0.05, 0.1) is 0 Å². The molecule has 1 saturated heterocycles. The van der Waals surface area contributed by atoms with Crippen molar-refractivity contribution in [3.8, 4) is 0 Å². The average molecular weight is 206 g/mol. The van der Waals surface area contributed by atoms with Gasteiger partial charge in [0.15, 0.2) is 0 Å². The summed E-state index contributed by atoms with van der Waals surface area (Å²) in [6, 6.07) is 1.88. The Hall–Kier alpha value is -1.16. The third-order valence-electron chi connectivity index (χ3n) is 2.88. The molecule has 0 amide bonds. The number of aryl methyl sites for hydroxylation is 2. The largest absolute Gasteiger partial charge is 0.384 e. The molecule has 1 aliphatic heterocycles. The molecule has 0 aromatic carbocycles. The Morgan fingerprint density at radius 1 is 1.53 bits per heavy atom. The number of hydrogen-bond acceptors (Lipinski definition) is 4. The Morgan fingerprint density at radius 2 is 2.40 bits per heavy atom. The third-order valence-corrected chi connectivity index (χ3v) is 2.88. The van der Waals surface area contributed by atoms with E-state index < -0.39 is 0 Å². The predicted molar refractivity (Wildman–Crippen MR) is 60.5 cm³/mol. The number of aromatic nitrogens is 2. The van der Waals surface area contributed by atoms with Crippen LogP contribution in [0.5, 0.6) is 0 Å². The first-order chi connectivity index (χ1) is 7.24. The van der Waals surface area contributed by atoms with Gasteiger partial charge in [-0.3, -0.25) is 0 Å². The number of hydrogen-bond donors (Lipinski definition) is 2. The van der Waals surface area contributed by atoms with Crippen molar-refractivity contribution < 1.29 is 0 Å². The number of nitrogens with two attached hydrogens (primary N) is 1. The fourth-order valence-corrected chi connectivity index (χ4v) is 2.10. The van der Waals surface area contributed by atoms with Crippen molar-refractivity contribution in [2.45, 2.75) is 26.2 Å². The molecule has 1 aromatic heterocycles. The van der Waals surface area contributed by atoms with Crippen molar-refractivity contribution in [2.75, 3.05) is 18.8 Å². The molecule has 3 N–H and O–H groups in total. The van der Waals surface area contributed by atoms with Crippen molar-refractivity contribution >= 4 is 5.82 Å². The fourth-order valence-electron chi connectivity index (χ4n) is 2.10. The van der Waals surface area contributed by atoms with E-state index in [1.165, 1.54) is 12.8 Å². The molecule has 1 unspecified atom stereocenters. The lowest BCUT2D eigenvalue weighted by atomic mass is 10.0. The lowest BCUT2D eigenvalue weighted by Gasteiger charge is -2.08. The highest BCUT2D eigenvalue weighted by atomic mass is 14.9. The summed E-state index contributed by atoms with van der Waals surface area (Å²) in [7, 11) is 0. The molecule has 1 fully saturated rings. The van der Waals surface area contributed by atoms with E-state index in [0.29, 0.717) is 5.82 Å². The predicted octanol–water partition coefficient (Wildman–Crippen LogP) is 0.909.